The monoisotopic (exact) mass is 371 g/mol. The quantitative estimate of drug-likeness (QED) is 0.759. The Morgan fingerprint density at radius 2 is 2.04 bits per heavy atom. The minimum atomic E-state index is -3.80. The smallest absolute Gasteiger partial charge is 0.282 e. The lowest BCUT2D eigenvalue weighted by Crippen LogP contribution is -2.48. The zero-order chi connectivity index (χ0) is 18.3. The van der Waals surface area contributed by atoms with Crippen molar-refractivity contribution in [2.45, 2.75) is 23.9 Å². The van der Waals surface area contributed by atoms with Gasteiger partial charge in [0, 0.05) is 12.7 Å². The van der Waals surface area contributed by atoms with E-state index in [0.717, 1.165) is 24.1 Å². The van der Waals surface area contributed by atoms with E-state index in [1.54, 1.807) is 22.6 Å². The standard InChI is InChI=1S/C18H21N5O2S/c1-22(2)12-14-10-9-13-6-3-4-8-16(13)23(14)26(24,25)18-15-7-5-11-19-17(15)20-21-18/h3-8,11,14H,9-10,12H2,1-2H3,(H,19,20,21). The highest BCUT2D eigenvalue weighted by molar-refractivity contribution is 7.93. The van der Waals surface area contributed by atoms with Gasteiger partial charge < -0.3 is 4.90 Å². The van der Waals surface area contributed by atoms with E-state index in [4.69, 9.17) is 0 Å². The molecule has 136 valence electrons. The van der Waals surface area contributed by atoms with Crippen LogP contribution in [-0.4, -0.2) is 55.2 Å². The molecule has 8 heteroatoms. The molecule has 0 saturated carbocycles. The van der Waals surface area contributed by atoms with Gasteiger partial charge in [-0.25, -0.2) is 4.98 Å². The molecule has 3 aromatic rings. The van der Waals surface area contributed by atoms with Crippen molar-refractivity contribution in [1.82, 2.24) is 20.1 Å². The lowest BCUT2D eigenvalue weighted by molar-refractivity contribution is 0.359. The van der Waals surface area contributed by atoms with E-state index >= 15 is 0 Å². The van der Waals surface area contributed by atoms with Gasteiger partial charge in [0.15, 0.2) is 10.7 Å². The molecule has 1 aliphatic heterocycles. The van der Waals surface area contributed by atoms with Gasteiger partial charge in [0.2, 0.25) is 0 Å². The first-order valence-corrected chi connectivity index (χ1v) is 9.98. The van der Waals surface area contributed by atoms with E-state index < -0.39 is 10.0 Å². The van der Waals surface area contributed by atoms with Crippen LogP contribution in [0.4, 0.5) is 5.69 Å². The molecule has 0 amide bonds. The van der Waals surface area contributed by atoms with Crippen LogP contribution in [0.5, 0.6) is 0 Å². The van der Waals surface area contributed by atoms with E-state index in [1.165, 1.54) is 0 Å². The fourth-order valence-corrected chi connectivity index (χ4v) is 5.40. The number of rotatable bonds is 4. The molecule has 1 unspecified atom stereocenters. The zero-order valence-electron chi connectivity index (χ0n) is 14.8. The zero-order valence-corrected chi connectivity index (χ0v) is 15.6. The predicted octanol–water partition coefficient (Wildman–Crippen LogP) is 2.03. The van der Waals surface area contributed by atoms with E-state index in [1.807, 2.05) is 43.3 Å². The van der Waals surface area contributed by atoms with Gasteiger partial charge in [0.1, 0.15) is 0 Å². The summed E-state index contributed by atoms with van der Waals surface area (Å²) in [4.78, 5) is 6.16. The molecule has 7 nitrogen and oxygen atoms in total. The van der Waals surface area contributed by atoms with Gasteiger partial charge in [-0.2, -0.15) is 13.5 Å². The first-order valence-electron chi connectivity index (χ1n) is 8.54. The van der Waals surface area contributed by atoms with E-state index in [-0.39, 0.29) is 11.1 Å². The van der Waals surface area contributed by atoms with E-state index in [9.17, 15) is 8.42 Å². The maximum atomic E-state index is 13.6. The van der Waals surface area contributed by atoms with E-state index in [0.29, 0.717) is 17.6 Å². The summed E-state index contributed by atoms with van der Waals surface area (Å²) in [5.41, 5.74) is 2.20. The summed E-state index contributed by atoms with van der Waals surface area (Å²) in [5, 5.41) is 7.38. The second-order valence-corrected chi connectivity index (χ2v) is 8.56. The number of aromatic nitrogens is 3. The second kappa shape index (κ2) is 6.37. The number of fused-ring (bicyclic) bond motifs is 2. The van der Waals surface area contributed by atoms with Crippen LogP contribution in [0, 0.1) is 0 Å². The molecule has 0 spiro atoms. The van der Waals surface area contributed by atoms with Crippen molar-refractivity contribution < 1.29 is 8.42 Å². The topological polar surface area (TPSA) is 82.2 Å². The molecule has 1 aliphatic rings. The number of H-pyrrole nitrogens is 1. The largest absolute Gasteiger partial charge is 0.307 e. The second-order valence-electron chi connectivity index (χ2n) is 6.81. The number of pyridine rings is 1. The maximum Gasteiger partial charge on any atom is 0.282 e. The highest BCUT2D eigenvalue weighted by Gasteiger charge is 2.38. The Balaban J connectivity index is 1.89. The van der Waals surface area contributed by atoms with Gasteiger partial charge >= 0.3 is 0 Å². The van der Waals surface area contributed by atoms with Crippen LogP contribution >= 0.6 is 0 Å². The number of aryl methyl sites for hydroxylation is 1. The fraction of sp³-hybridized carbons (Fsp3) is 0.333. The molecular weight excluding hydrogens is 350 g/mol. The van der Waals surface area contributed by atoms with E-state index in [2.05, 4.69) is 15.2 Å². The Bertz CT molecular complexity index is 1040. The number of hydrogen-bond acceptors (Lipinski definition) is 5. The normalized spacial score (nSPS) is 17.7. The van der Waals surface area contributed by atoms with Crippen LogP contribution in [0.15, 0.2) is 47.6 Å². The summed E-state index contributed by atoms with van der Waals surface area (Å²) in [5.74, 6) is 0. The van der Waals surface area contributed by atoms with Gasteiger partial charge in [0.05, 0.1) is 17.1 Å². The minimum absolute atomic E-state index is 0.0982. The van der Waals surface area contributed by atoms with Gasteiger partial charge in [-0.05, 0) is 50.7 Å². The average molecular weight is 371 g/mol. The summed E-state index contributed by atoms with van der Waals surface area (Å²) in [7, 11) is 0.113. The number of benzene rings is 1. The van der Waals surface area contributed by atoms with Crippen LogP contribution in [0.1, 0.15) is 12.0 Å². The Morgan fingerprint density at radius 3 is 2.85 bits per heavy atom. The number of para-hydroxylation sites is 1. The highest BCUT2D eigenvalue weighted by Crippen LogP contribution is 2.36. The Hall–Kier alpha value is -2.45. The number of anilines is 1. The molecule has 1 aromatic carbocycles. The van der Waals surface area contributed by atoms with Gasteiger partial charge in [-0.1, -0.05) is 18.2 Å². The van der Waals surface area contributed by atoms with Crippen LogP contribution in [0.3, 0.4) is 0 Å². The molecule has 0 bridgehead atoms. The van der Waals surface area contributed by atoms with Crippen molar-refractivity contribution in [3.8, 4) is 0 Å². The van der Waals surface area contributed by atoms with Crippen molar-refractivity contribution >= 4 is 26.7 Å². The third-order valence-electron chi connectivity index (χ3n) is 4.70. The Kier molecular flexibility index (Phi) is 4.16. The molecular formula is C18H21N5O2S. The summed E-state index contributed by atoms with van der Waals surface area (Å²) >= 11 is 0. The molecule has 0 aliphatic carbocycles. The number of sulfonamides is 1. The molecule has 26 heavy (non-hydrogen) atoms. The number of likely N-dealkylation sites (N-methyl/N-ethyl adjacent to an activating group) is 1. The molecule has 3 heterocycles. The third kappa shape index (κ3) is 2.75. The SMILES string of the molecule is CN(C)CC1CCc2ccccc2N1S(=O)(=O)c1[nH]nc2ncccc12. The van der Waals surface area contributed by atoms with Crippen LogP contribution in [-0.2, 0) is 16.4 Å². The maximum absolute atomic E-state index is 13.6. The van der Waals surface area contributed by atoms with Crippen molar-refractivity contribution in [3.63, 3.8) is 0 Å². The van der Waals surface area contributed by atoms with Crippen LogP contribution in [0.25, 0.3) is 11.0 Å². The first kappa shape index (κ1) is 17.0. The van der Waals surface area contributed by atoms with Crippen molar-refractivity contribution in [1.29, 1.82) is 0 Å². The molecule has 0 radical (unpaired) electrons. The van der Waals surface area contributed by atoms with Gasteiger partial charge in [0.25, 0.3) is 10.0 Å². The molecule has 1 N–H and O–H groups in total. The Morgan fingerprint density at radius 1 is 1.23 bits per heavy atom. The summed E-state index contributed by atoms with van der Waals surface area (Å²) in [6.45, 7) is 0.651. The number of nitrogens with one attached hydrogen (secondary N) is 1. The third-order valence-corrected chi connectivity index (χ3v) is 6.53. The molecule has 1 atom stereocenters. The highest BCUT2D eigenvalue weighted by atomic mass is 32.2. The number of hydrogen-bond donors (Lipinski definition) is 1. The van der Waals surface area contributed by atoms with Crippen molar-refractivity contribution in [3.05, 3.63) is 48.2 Å². The lowest BCUT2D eigenvalue weighted by atomic mass is 9.98. The molecule has 0 saturated heterocycles. The summed E-state index contributed by atoms with van der Waals surface area (Å²) < 4.78 is 28.8. The summed E-state index contributed by atoms with van der Waals surface area (Å²) in [6.07, 6.45) is 3.25. The molecule has 4 rings (SSSR count). The Labute approximate surface area is 152 Å². The fourth-order valence-electron chi connectivity index (χ4n) is 3.61. The van der Waals surface area contributed by atoms with Gasteiger partial charge in [-0.15, -0.1) is 0 Å². The predicted molar refractivity (Wildman–Crippen MR) is 101 cm³/mol. The van der Waals surface area contributed by atoms with Crippen molar-refractivity contribution in [2.24, 2.45) is 0 Å². The number of aromatic amines is 1. The van der Waals surface area contributed by atoms with Crippen LogP contribution < -0.4 is 4.31 Å². The molecule has 0 fully saturated rings. The van der Waals surface area contributed by atoms with Crippen molar-refractivity contribution in [2.75, 3.05) is 24.9 Å². The van der Waals surface area contributed by atoms with Crippen LogP contribution in [0.2, 0.25) is 0 Å². The lowest BCUT2D eigenvalue weighted by Gasteiger charge is -2.38. The average Bonchev–Trinajstić information content (AvgIpc) is 3.05. The number of nitrogens with zero attached hydrogens (tertiary/aromatic N) is 4. The first-order chi connectivity index (χ1) is 12.5. The minimum Gasteiger partial charge on any atom is -0.307 e. The summed E-state index contributed by atoms with van der Waals surface area (Å²) in [6, 6.07) is 11.0. The molecule has 2 aromatic heterocycles. The van der Waals surface area contributed by atoms with Gasteiger partial charge in [-0.3, -0.25) is 9.40 Å².